The molecule has 0 unspecified atom stereocenters. The van der Waals surface area contributed by atoms with Gasteiger partial charge in [0.25, 0.3) is 5.91 Å². The number of amides is 1. The number of carbonyl (C=O) groups excluding carboxylic acids is 1. The number of thioether (sulfide) groups is 1. The minimum Gasteiger partial charge on any atom is -0.338 e. The van der Waals surface area contributed by atoms with E-state index in [1.165, 1.54) is 42.5 Å². The van der Waals surface area contributed by atoms with E-state index in [4.69, 9.17) is 0 Å². The Morgan fingerprint density at radius 1 is 1.08 bits per heavy atom. The van der Waals surface area contributed by atoms with E-state index in [9.17, 15) is 4.79 Å². The maximum absolute atomic E-state index is 13.6. The molecule has 0 radical (unpaired) electrons. The molecule has 2 atom stereocenters. The number of carbonyl (C=O) groups is 1. The molecule has 2 aromatic heterocycles. The van der Waals surface area contributed by atoms with Gasteiger partial charge in [0, 0.05) is 36.1 Å². The zero-order chi connectivity index (χ0) is 17.5. The highest BCUT2D eigenvalue weighted by molar-refractivity contribution is 7.98. The minimum atomic E-state index is 0.294. The van der Waals surface area contributed by atoms with Crippen molar-refractivity contribution in [1.29, 1.82) is 0 Å². The molecule has 0 spiro atoms. The predicted octanol–water partition coefficient (Wildman–Crippen LogP) is 4.98. The second kappa shape index (κ2) is 7.08. The molecular formula is C21H26N2OS2. The summed E-state index contributed by atoms with van der Waals surface area (Å²) in [6.07, 6.45) is 11.8. The first-order valence-electron chi connectivity index (χ1n) is 9.96. The standard InChI is InChI=1S/C21H26N2OS2/c24-20(23-11-7-15-5-1-2-6-16(15)13-23)19-17-8-12-25-14-18(17)26-21(19)22-9-3-4-10-22/h3-4,9-10,15-16H,1-2,5-8,11-14H2/t15-,16-/m0/s1. The van der Waals surface area contributed by atoms with Gasteiger partial charge in [0.1, 0.15) is 5.00 Å². The number of piperidine rings is 1. The third-order valence-corrected chi connectivity index (χ3v) is 8.85. The van der Waals surface area contributed by atoms with Crippen LogP contribution in [0.25, 0.3) is 5.00 Å². The zero-order valence-corrected chi connectivity index (χ0v) is 16.8. The Bertz CT molecular complexity index is 795. The van der Waals surface area contributed by atoms with Crippen LogP contribution in [0.4, 0.5) is 0 Å². The predicted molar refractivity (Wildman–Crippen MR) is 109 cm³/mol. The molecule has 4 heterocycles. The van der Waals surface area contributed by atoms with Crippen molar-refractivity contribution in [3.05, 3.63) is 40.5 Å². The second-order valence-corrected chi connectivity index (χ2v) is 10.1. The summed E-state index contributed by atoms with van der Waals surface area (Å²) in [6, 6.07) is 4.10. The van der Waals surface area contributed by atoms with Crippen molar-refractivity contribution >= 4 is 29.0 Å². The maximum atomic E-state index is 13.6. The van der Waals surface area contributed by atoms with Crippen LogP contribution in [0.2, 0.25) is 0 Å². The van der Waals surface area contributed by atoms with Gasteiger partial charge in [0.05, 0.1) is 5.56 Å². The number of aromatic nitrogens is 1. The summed E-state index contributed by atoms with van der Waals surface area (Å²) in [4.78, 5) is 17.2. The highest BCUT2D eigenvalue weighted by Gasteiger charge is 2.36. The van der Waals surface area contributed by atoms with Crippen LogP contribution in [0, 0.1) is 11.8 Å². The van der Waals surface area contributed by atoms with Crippen molar-refractivity contribution < 1.29 is 4.79 Å². The van der Waals surface area contributed by atoms with Gasteiger partial charge in [-0.2, -0.15) is 11.8 Å². The van der Waals surface area contributed by atoms with Crippen LogP contribution in [-0.2, 0) is 12.2 Å². The highest BCUT2D eigenvalue weighted by atomic mass is 32.2. The monoisotopic (exact) mass is 386 g/mol. The fraction of sp³-hybridized carbons (Fsp3) is 0.571. The van der Waals surface area contributed by atoms with Crippen LogP contribution in [0.5, 0.6) is 0 Å². The molecule has 5 rings (SSSR count). The quantitative estimate of drug-likeness (QED) is 0.727. The summed E-state index contributed by atoms with van der Waals surface area (Å²) in [6.45, 7) is 1.93. The number of thiophene rings is 1. The lowest BCUT2D eigenvalue weighted by Gasteiger charge is -2.41. The lowest BCUT2D eigenvalue weighted by molar-refractivity contribution is 0.0520. The number of hydrogen-bond donors (Lipinski definition) is 0. The van der Waals surface area contributed by atoms with E-state index >= 15 is 0 Å². The first kappa shape index (κ1) is 16.9. The van der Waals surface area contributed by atoms with Gasteiger partial charge >= 0.3 is 0 Å². The molecule has 2 aliphatic heterocycles. The number of hydrogen-bond acceptors (Lipinski definition) is 3. The first-order valence-corrected chi connectivity index (χ1v) is 11.9. The maximum Gasteiger partial charge on any atom is 0.257 e. The van der Waals surface area contributed by atoms with E-state index in [1.54, 1.807) is 0 Å². The van der Waals surface area contributed by atoms with Gasteiger partial charge in [-0.15, -0.1) is 11.3 Å². The summed E-state index contributed by atoms with van der Waals surface area (Å²) in [5.41, 5.74) is 2.35. The summed E-state index contributed by atoms with van der Waals surface area (Å²) in [5, 5.41) is 1.14. The number of fused-ring (bicyclic) bond motifs is 2. The molecule has 1 aliphatic carbocycles. The molecule has 0 bridgehead atoms. The van der Waals surface area contributed by atoms with Crippen LogP contribution in [0.1, 0.15) is 52.9 Å². The van der Waals surface area contributed by atoms with Gasteiger partial charge in [-0.25, -0.2) is 0 Å². The topological polar surface area (TPSA) is 25.2 Å². The lowest BCUT2D eigenvalue weighted by atomic mass is 9.75. The molecule has 3 aliphatic rings. The molecule has 1 saturated carbocycles. The van der Waals surface area contributed by atoms with E-state index in [-0.39, 0.29) is 0 Å². The average molecular weight is 387 g/mol. The summed E-state index contributed by atoms with van der Waals surface area (Å²) in [7, 11) is 0. The van der Waals surface area contributed by atoms with Gasteiger partial charge in [-0.1, -0.05) is 19.3 Å². The SMILES string of the molecule is O=C(c1c(-n2cccc2)sc2c1CCSC2)N1CC[C@@H]2CCCC[C@H]2C1. The molecule has 26 heavy (non-hydrogen) atoms. The molecule has 5 heteroatoms. The smallest absolute Gasteiger partial charge is 0.257 e. The van der Waals surface area contributed by atoms with Crippen LogP contribution < -0.4 is 0 Å². The Labute approximate surface area is 163 Å². The number of nitrogens with zero attached hydrogens (tertiary/aromatic N) is 2. The summed E-state index contributed by atoms with van der Waals surface area (Å²) in [5.74, 6) is 4.10. The lowest BCUT2D eigenvalue weighted by Crippen LogP contribution is -2.45. The Morgan fingerprint density at radius 2 is 1.88 bits per heavy atom. The highest BCUT2D eigenvalue weighted by Crippen LogP contribution is 2.41. The normalized spacial score (nSPS) is 25.6. The van der Waals surface area contributed by atoms with Crippen molar-refractivity contribution in [2.75, 3.05) is 18.8 Å². The van der Waals surface area contributed by atoms with Crippen molar-refractivity contribution in [2.45, 2.75) is 44.3 Å². The van der Waals surface area contributed by atoms with Crippen molar-refractivity contribution in [2.24, 2.45) is 11.8 Å². The fourth-order valence-electron chi connectivity index (χ4n) is 5.03. The van der Waals surface area contributed by atoms with Crippen LogP contribution >= 0.6 is 23.1 Å². The van der Waals surface area contributed by atoms with Crippen molar-refractivity contribution in [3.8, 4) is 5.00 Å². The molecule has 138 valence electrons. The minimum absolute atomic E-state index is 0.294. The Hall–Kier alpha value is -1.20. The van der Waals surface area contributed by atoms with E-state index in [2.05, 4.69) is 34.0 Å². The van der Waals surface area contributed by atoms with Crippen LogP contribution in [0.3, 0.4) is 0 Å². The first-order chi connectivity index (χ1) is 12.8. The summed E-state index contributed by atoms with van der Waals surface area (Å²) >= 11 is 3.82. The second-order valence-electron chi connectivity index (χ2n) is 7.92. The molecule has 0 N–H and O–H groups in total. The number of rotatable bonds is 2. The van der Waals surface area contributed by atoms with Gasteiger partial charge in [0.15, 0.2) is 0 Å². The van der Waals surface area contributed by atoms with Crippen molar-refractivity contribution in [3.63, 3.8) is 0 Å². The van der Waals surface area contributed by atoms with Crippen LogP contribution in [0.15, 0.2) is 24.5 Å². The van der Waals surface area contributed by atoms with Gasteiger partial charge in [-0.05, 0) is 54.5 Å². The molecule has 1 amide bonds. The Kier molecular flexibility index (Phi) is 4.61. The molecule has 0 aromatic carbocycles. The largest absolute Gasteiger partial charge is 0.338 e. The van der Waals surface area contributed by atoms with E-state index < -0.39 is 0 Å². The average Bonchev–Trinajstić information content (AvgIpc) is 3.34. The van der Waals surface area contributed by atoms with Gasteiger partial charge < -0.3 is 9.47 Å². The summed E-state index contributed by atoms with van der Waals surface area (Å²) < 4.78 is 2.15. The van der Waals surface area contributed by atoms with Gasteiger partial charge in [-0.3, -0.25) is 4.79 Å². The molecule has 1 saturated heterocycles. The van der Waals surface area contributed by atoms with Crippen LogP contribution in [-0.4, -0.2) is 34.2 Å². The Morgan fingerprint density at radius 3 is 2.73 bits per heavy atom. The molecule has 3 nitrogen and oxygen atoms in total. The van der Waals surface area contributed by atoms with E-state index in [0.29, 0.717) is 5.91 Å². The third kappa shape index (κ3) is 2.93. The zero-order valence-electron chi connectivity index (χ0n) is 15.2. The Balaban J connectivity index is 1.49. The van der Waals surface area contributed by atoms with E-state index in [1.807, 2.05) is 23.1 Å². The van der Waals surface area contributed by atoms with E-state index in [0.717, 1.165) is 53.4 Å². The fourth-order valence-corrected chi connectivity index (χ4v) is 7.47. The number of likely N-dealkylation sites (tertiary alicyclic amines) is 1. The molecule has 2 aromatic rings. The molecule has 2 fully saturated rings. The molecular weight excluding hydrogens is 360 g/mol. The third-order valence-electron chi connectivity index (χ3n) is 6.43. The van der Waals surface area contributed by atoms with Crippen molar-refractivity contribution in [1.82, 2.24) is 9.47 Å². The van der Waals surface area contributed by atoms with Gasteiger partial charge in [0.2, 0.25) is 0 Å².